The first-order chi connectivity index (χ1) is 10.0. The van der Waals surface area contributed by atoms with Gasteiger partial charge in [0.05, 0.1) is 13.1 Å². The number of primary amides is 1. The Balaban J connectivity index is 1.93. The van der Waals surface area contributed by atoms with Crippen LogP contribution in [-0.2, 0) is 16.0 Å². The maximum Gasteiger partial charge on any atom is 0.231 e. The highest BCUT2D eigenvalue weighted by atomic mass is 19.1. The average Bonchev–Trinajstić information content (AvgIpc) is 2.94. The Morgan fingerprint density at radius 2 is 1.76 bits per heavy atom. The molecule has 0 bridgehead atoms. The van der Waals surface area contributed by atoms with Crippen LogP contribution in [0.5, 0.6) is 0 Å². The maximum absolute atomic E-state index is 12.8. The van der Waals surface area contributed by atoms with Crippen molar-refractivity contribution in [2.45, 2.75) is 38.1 Å². The van der Waals surface area contributed by atoms with Gasteiger partial charge in [0.25, 0.3) is 0 Å². The van der Waals surface area contributed by atoms with Crippen molar-refractivity contribution in [2.24, 2.45) is 5.73 Å². The normalized spacial score (nSPS) is 15.5. The van der Waals surface area contributed by atoms with Gasteiger partial charge in [-0.2, -0.15) is 0 Å². The third kappa shape index (κ3) is 4.93. The summed E-state index contributed by atoms with van der Waals surface area (Å²) >= 11 is 0. The SMILES string of the molecule is NC(=O)CN(CC(=O)Cc1ccc(F)cc1)C1CCCC1. The number of amides is 1. The summed E-state index contributed by atoms with van der Waals surface area (Å²) in [7, 11) is 0. The van der Waals surface area contributed by atoms with E-state index in [0.29, 0.717) is 0 Å². The number of Topliss-reactive ketones (excluding diaryl/α,β-unsaturated/α-hetero) is 1. The molecule has 1 saturated carbocycles. The van der Waals surface area contributed by atoms with Crippen molar-refractivity contribution in [1.82, 2.24) is 4.90 Å². The van der Waals surface area contributed by atoms with Crippen molar-refractivity contribution in [3.05, 3.63) is 35.6 Å². The van der Waals surface area contributed by atoms with E-state index in [1.807, 2.05) is 4.90 Å². The lowest BCUT2D eigenvalue weighted by atomic mass is 10.1. The highest BCUT2D eigenvalue weighted by molar-refractivity contribution is 5.84. The number of ketones is 1. The van der Waals surface area contributed by atoms with Crippen LogP contribution in [0.2, 0.25) is 0 Å². The van der Waals surface area contributed by atoms with E-state index in [1.165, 1.54) is 12.1 Å². The minimum Gasteiger partial charge on any atom is -0.369 e. The quantitative estimate of drug-likeness (QED) is 0.831. The second kappa shape index (κ2) is 7.31. The third-order valence-corrected chi connectivity index (χ3v) is 3.89. The summed E-state index contributed by atoms with van der Waals surface area (Å²) in [5, 5.41) is 0. The van der Waals surface area contributed by atoms with Crippen molar-refractivity contribution in [3.8, 4) is 0 Å². The fourth-order valence-electron chi connectivity index (χ4n) is 2.90. The van der Waals surface area contributed by atoms with E-state index in [9.17, 15) is 14.0 Å². The predicted molar refractivity (Wildman–Crippen MR) is 78.1 cm³/mol. The molecule has 0 spiro atoms. The minimum atomic E-state index is -0.406. The zero-order valence-corrected chi connectivity index (χ0v) is 12.1. The van der Waals surface area contributed by atoms with Gasteiger partial charge in [-0.05, 0) is 30.5 Å². The molecular weight excluding hydrogens is 271 g/mol. The lowest BCUT2D eigenvalue weighted by Gasteiger charge is -2.26. The zero-order valence-electron chi connectivity index (χ0n) is 12.1. The van der Waals surface area contributed by atoms with Crippen molar-refractivity contribution in [3.63, 3.8) is 0 Å². The van der Waals surface area contributed by atoms with Crippen molar-refractivity contribution < 1.29 is 14.0 Å². The van der Waals surface area contributed by atoms with Crippen molar-refractivity contribution in [2.75, 3.05) is 13.1 Å². The Morgan fingerprint density at radius 3 is 2.33 bits per heavy atom. The van der Waals surface area contributed by atoms with Gasteiger partial charge in [-0.25, -0.2) is 4.39 Å². The van der Waals surface area contributed by atoms with Gasteiger partial charge >= 0.3 is 0 Å². The molecule has 0 heterocycles. The molecule has 1 aliphatic rings. The predicted octanol–water partition coefficient (Wildman–Crippen LogP) is 1.67. The highest BCUT2D eigenvalue weighted by Gasteiger charge is 2.25. The van der Waals surface area contributed by atoms with Crippen LogP contribution in [0.15, 0.2) is 24.3 Å². The molecular formula is C16H21FN2O2. The van der Waals surface area contributed by atoms with Crippen LogP contribution in [0.25, 0.3) is 0 Å². The summed E-state index contributed by atoms with van der Waals surface area (Å²) in [6.07, 6.45) is 4.54. The van der Waals surface area contributed by atoms with Crippen LogP contribution in [-0.4, -0.2) is 35.7 Å². The molecule has 1 aromatic carbocycles. The first kappa shape index (κ1) is 15.6. The molecule has 1 amide bonds. The Morgan fingerprint density at radius 1 is 1.14 bits per heavy atom. The molecule has 21 heavy (non-hydrogen) atoms. The Hall–Kier alpha value is -1.75. The number of carbonyl (C=O) groups is 2. The fraction of sp³-hybridized carbons (Fsp3) is 0.500. The molecule has 5 heteroatoms. The van der Waals surface area contributed by atoms with Gasteiger partial charge in [0.15, 0.2) is 5.78 Å². The smallest absolute Gasteiger partial charge is 0.231 e. The van der Waals surface area contributed by atoms with E-state index in [4.69, 9.17) is 5.73 Å². The standard InChI is InChI=1S/C16H21FN2O2/c17-13-7-5-12(6-8-13)9-15(20)10-19(11-16(18)21)14-3-1-2-4-14/h5-8,14H,1-4,9-11H2,(H2,18,21). The van der Waals surface area contributed by atoms with Crippen LogP contribution in [0.4, 0.5) is 4.39 Å². The van der Waals surface area contributed by atoms with Crippen LogP contribution < -0.4 is 5.73 Å². The first-order valence-corrected chi connectivity index (χ1v) is 7.33. The van der Waals surface area contributed by atoms with Gasteiger partial charge in [0, 0.05) is 12.5 Å². The van der Waals surface area contributed by atoms with E-state index < -0.39 is 5.91 Å². The monoisotopic (exact) mass is 292 g/mol. The Bertz CT molecular complexity index is 496. The van der Waals surface area contributed by atoms with Gasteiger partial charge in [-0.15, -0.1) is 0 Å². The van der Waals surface area contributed by atoms with Gasteiger partial charge in [-0.3, -0.25) is 14.5 Å². The van der Waals surface area contributed by atoms with Crippen LogP contribution in [0, 0.1) is 5.82 Å². The number of benzene rings is 1. The molecule has 2 N–H and O–H groups in total. The van der Waals surface area contributed by atoms with Crippen molar-refractivity contribution in [1.29, 1.82) is 0 Å². The summed E-state index contributed by atoms with van der Waals surface area (Å²) in [6, 6.07) is 6.19. The summed E-state index contributed by atoms with van der Waals surface area (Å²) in [4.78, 5) is 25.2. The number of nitrogens with two attached hydrogens (primary N) is 1. The maximum atomic E-state index is 12.8. The topological polar surface area (TPSA) is 63.4 Å². The van der Waals surface area contributed by atoms with Gasteiger partial charge in [-0.1, -0.05) is 25.0 Å². The Kier molecular flexibility index (Phi) is 5.44. The van der Waals surface area contributed by atoms with E-state index in [-0.39, 0.29) is 37.2 Å². The lowest BCUT2D eigenvalue weighted by molar-refractivity contribution is -0.123. The molecule has 114 valence electrons. The first-order valence-electron chi connectivity index (χ1n) is 7.33. The summed E-state index contributed by atoms with van der Waals surface area (Å²) in [6.45, 7) is 0.352. The van der Waals surface area contributed by atoms with Crippen LogP contribution in [0.3, 0.4) is 0 Å². The van der Waals surface area contributed by atoms with Crippen LogP contribution in [0.1, 0.15) is 31.2 Å². The molecule has 0 aliphatic heterocycles. The molecule has 1 fully saturated rings. The molecule has 4 nitrogen and oxygen atoms in total. The number of halogens is 1. The van der Waals surface area contributed by atoms with E-state index in [1.54, 1.807) is 12.1 Å². The highest BCUT2D eigenvalue weighted by Crippen LogP contribution is 2.23. The van der Waals surface area contributed by atoms with Crippen LogP contribution >= 0.6 is 0 Å². The molecule has 0 unspecified atom stereocenters. The number of rotatable bonds is 7. The van der Waals surface area contributed by atoms with Gasteiger partial charge in [0.1, 0.15) is 5.82 Å². The number of hydrogen-bond donors (Lipinski definition) is 1. The Labute approximate surface area is 124 Å². The molecule has 0 radical (unpaired) electrons. The van der Waals surface area contributed by atoms with E-state index >= 15 is 0 Å². The number of nitrogens with zero attached hydrogens (tertiary/aromatic N) is 1. The molecule has 2 rings (SSSR count). The largest absolute Gasteiger partial charge is 0.369 e. The molecule has 1 aromatic rings. The molecule has 0 aromatic heterocycles. The lowest BCUT2D eigenvalue weighted by Crippen LogP contribution is -2.43. The van der Waals surface area contributed by atoms with Gasteiger partial charge < -0.3 is 5.73 Å². The van der Waals surface area contributed by atoms with Crippen molar-refractivity contribution >= 4 is 11.7 Å². The second-order valence-electron chi connectivity index (χ2n) is 5.65. The number of carbonyl (C=O) groups excluding carboxylic acids is 2. The average molecular weight is 292 g/mol. The molecule has 0 atom stereocenters. The molecule has 0 saturated heterocycles. The summed E-state index contributed by atoms with van der Waals surface area (Å²) in [5.74, 6) is -0.696. The second-order valence-corrected chi connectivity index (χ2v) is 5.65. The molecule has 1 aliphatic carbocycles. The van der Waals surface area contributed by atoms with E-state index in [0.717, 1.165) is 31.2 Å². The zero-order chi connectivity index (χ0) is 15.2. The number of hydrogen-bond acceptors (Lipinski definition) is 3. The third-order valence-electron chi connectivity index (χ3n) is 3.89. The van der Waals surface area contributed by atoms with E-state index in [2.05, 4.69) is 0 Å². The fourth-order valence-corrected chi connectivity index (χ4v) is 2.90. The summed E-state index contributed by atoms with van der Waals surface area (Å²) < 4.78 is 12.8. The summed E-state index contributed by atoms with van der Waals surface area (Å²) in [5.41, 5.74) is 6.06. The minimum absolute atomic E-state index is 0.0229. The van der Waals surface area contributed by atoms with Gasteiger partial charge in [0.2, 0.25) is 5.91 Å².